The summed E-state index contributed by atoms with van der Waals surface area (Å²) in [6, 6.07) is 4.63. The van der Waals surface area contributed by atoms with Gasteiger partial charge in [0.15, 0.2) is 11.5 Å². The number of benzene rings is 1. The summed E-state index contributed by atoms with van der Waals surface area (Å²) < 4.78 is 41.7. The SMILES string of the molecule is COc1ccc(CC(O)S(=O)(=O)[O-])cc1OC. The Balaban J connectivity index is 2.94. The summed E-state index contributed by atoms with van der Waals surface area (Å²) in [5.41, 5.74) is -1.49. The van der Waals surface area contributed by atoms with Gasteiger partial charge >= 0.3 is 0 Å². The summed E-state index contributed by atoms with van der Waals surface area (Å²) in [7, 11) is -1.80. The Hall–Kier alpha value is -1.31. The third-order valence-corrected chi connectivity index (χ3v) is 3.02. The maximum atomic E-state index is 10.6. The van der Waals surface area contributed by atoms with E-state index in [1.807, 2.05) is 0 Å². The normalized spacial score (nSPS) is 13.2. The van der Waals surface area contributed by atoms with E-state index in [4.69, 9.17) is 14.6 Å². The van der Waals surface area contributed by atoms with Crippen LogP contribution in [0.1, 0.15) is 5.56 Å². The van der Waals surface area contributed by atoms with E-state index in [0.29, 0.717) is 17.1 Å². The predicted molar refractivity (Wildman–Crippen MR) is 59.0 cm³/mol. The molecule has 0 heterocycles. The standard InChI is InChI=1S/C10H14O6S/c1-15-8-4-3-7(5-9(8)16-2)6-10(11)17(12,13)14/h3-5,10-11H,6H2,1-2H3,(H,12,13,14)/p-1. The molecule has 0 amide bonds. The van der Waals surface area contributed by atoms with E-state index in [0.717, 1.165) is 0 Å². The van der Waals surface area contributed by atoms with Gasteiger partial charge in [-0.05, 0) is 17.7 Å². The van der Waals surface area contributed by atoms with E-state index < -0.39 is 15.6 Å². The maximum Gasteiger partial charge on any atom is 0.160 e. The minimum atomic E-state index is -4.70. The van der Waals surface area contributed by atoms with Crippen LogP contribution in [0, 0.1) is 0 Å². The van der Waals surface area contributed by atoms with E-state index in [1.165, 1.54) is 20.3 Å². The molecule has 0 bridgehead atoms. The lowest BCUT2D eigenvalue weighted by molar-refractivity contribution is 0.231. The lowest BCUT2D eigenvalue weighted by atomic mass is 10.1. The first-order valence-electron chi connectivity index (χ1n) is 4.72. The topological polar surface area (TPSA) is 95.9 Å². The summed E-state index contributed by atoms with van der Waals surface area (Å²) in [6.45, 7) is 0. The Labute approximate surface area is 99.5 Å². The van der Waals surface area contributed by atoms with Crippen LogP contribution in [0.15, 0.2) is 18.2 Å². The van der Waals surface area contributed by atoms with Crippen molar-refractivity contribution in [3.05, 3.63) is 23.8 Å². The van der Waals surface area contributed by atoms with E-state index in [9.17, 15) is 13.0 Å². The molecule has 1 aromatic carbocycles. The number of aliphatic hydroxyl groups excluding tert-OH is 1. The Bertz CT molecular complexity index is 482. The summed E-state index contributed by atoms with van der Waals surface area (Å²) in [4.78, 5) is 0. The van der Waals surface area contributed by atoms with Gasteiger partial charge in [-0.15, -0.1) is 0 Å². The minimum absolute atomic E-state index is 0.286. The predicted octanol–water partition coefficient (Wildman–Crippen LogP) is 0.110. The molecular weight excluding hydrogens is 248 g/mol. The number of hydrogen-bond acceptors (Lipinski definition) is 6. The smallest absolute Gasteiger partial charge is 0.160 e. The van der Waals surface area contributed by atoms with Gasteiger partial charge in [-0.1, -0.05) is 6.07 Å². The molecule has 0 aliphatic carbocycles. The second kappa shape index (κ2) is 5.35. The van der Waals surface area contributed by atoms with Gasteiger partial charge in [0.1, 0.15) is 15.6 Å². The highest BCUT2D eigenvalue weighted by Gasteiger charge is 2.14. The third kappa shape index (κ3) is 3.58. The van der Waals surface area contributed by atoms with Crippen LogP contribution >= 0.6 is 0 Å². The molecule has 0 aromatic heterocycles. The summed E-state index contributed by atoms with van der Waals surface area (Å²) >= 11 is 0. The van der Waals surface area contributed by atoms with Crippen molar-refractivity contribution in [3.63, 3.8) is 0 Å². The maximum absolute atomic E-state index is 10.6. The van der Waals surface area contributed by atoms with Crippen LogP contribution in [-0.2, 0) is 16.5 Å². The first-order valence-corrected chi connectivity index (χ1v) is 6.19. The van der Waals surface area contributed by atoms with Crippen molar-refractivity contribution in [1.82, 2.24) is 0 Å². The summed E-state index contributed by atoms with van der Waals surface area (Å²) in [5.74, 6) is 0.885. The Morgan fingerprint density at radius 3 is 2.35 bits per heavy atom. The lowest BCUT2D eigenvalue weighted by Gasteiger charge is -2.15. The van der Waals surface area contributed by atoms with Gasteiger partial charge in [0.05, 0.1) is 14.2 Å². The molecule has 96 valence electrons. The number of hydrogen-bond donors (Lipinski definition) is 1. The Kier molecular flexibility index (Phi) is 4.33. The summed E-state index contributed by atoms with van der Waals surface area (Å²) in [5, 5.41) is 9.16. The highest BCUT2D eigenvalue weighted by atomic mass is 32.2. The van der Waals surface area contributed by atoms with Gasteiger partial charge in [0, 0.05) is 6.42 Å². The quantitative estimate of drug-likeness (QED) is 0.756. The molecule has 1 rings (SSSR count). The van der Waals surface area contributed by atoms with Gasteiger partial charge in [0.2, 0.25) is 0 Å². The molecule has 6 nitrogen and oxygen atoms in total. The molecule has 0 aliphatic rings. The molecule has 7 heteroatoms. The molecule has 0 spiro atoms. The van der Waals surface area contributed by atoms with Crippen LogP contribution in [0.3, 0.4) is 0 Å². The first kappa shape index (κ1) is 13.8. The summed E-state index contributed by atoms with van der Waals surface area (Å²) in [6.07, 6.45) is -0.286. The van der Waals surface area contributed by atoms with Crippen molar-refractivity contribution in [2.75, 3.05) is 14.2 Å². The van der Waals surface area contributed by atoms with Gasteiger partial charge < -0.3 is 19.1 Å². The van der Waals surface area contributed by atoms with Crippen molar-refractivity contribution < 1.29 is 27.6 Å². The van der Waals surface area contributed by atoms with Crippen LogP contribution in [0.25, 0.3) is 0 Å². The monoisotopic (exact) mass is 261 g/mol. The van der Waals surface area contributed by atoms with Crippen molar-refractivity contribution in [1.29, 1.82) is 0 Å². The number of ether oxygens (including phenoxy) is 2. The molecular formula is C10H13O6S-. The van der Waals surface area contributed by atoms with Crippen LogP contribution in [-0.4, -0.2) is 37.7 Å². The molecule has 0 aliphatic heterocycles. The van der Waals surface area contributed by atoms with Crippen LogP contribution < -0.4 is 9.47 Å². The van der Waals surface area contributed by atoms with Crippen LogP contribution in [0.2, 0.25) is 0 Å². The molecule has 1 unspecified atom stereocenters. The molecule has 0 saturated carbocycles. The zero-order valence-electron chi connectivity index (χ0n) is 9.41. The van der Waals surface area contributed by atoms with Crippen LogP contribution in [0.4, 0.5) is 0 Å². The van der Waals surface area contributed by atoms with Crippen LogP contribution in [0.5, 0.6) is 11.5 Å². The van der Waals surface area contributed by atoms with E-state index in [1.54, 1.807) is 12.1 Å². The first-order chi connectivity index (χ1) is 7.88. The largest absolute Gasteiger partial charge is 0.746 e. The van der Waals surface area contributed by atoms with Gasteiger partial charge in [-0.3, -0.25) is 0 Å². The van der Waals surface area contributed by atoms with Crippen molar-refractivity contribution in [2.24, 2.45) is 0 Å². The zero-order chi connectivity index (χ0) is 13.1. The molecule has 1 N–H and O–H groups in total. The molecule has 0 saturated heterocycles. The van der Waals surface area contributed by atoms with Gasteiger partial charge in [-0.2, -0.15) is 0 Å². The van der Waals surface area contributed by atoms with Crippen molar-refractivity contribution in [2.45, 2.75) is 11.9 Å². The fraction of sp³-hybridized carbons (Fsp3) is 0.400. The van der Waals surface area contributed by atoms with Gasteiger partial charge in [-0.25, -0.2) is 8.42 Å². The average Bonchev–Trinajstić information content (AvgIpc) is 2.27. The highest BCUT2D eigenvalue weighted by molar-refractivity contribution is 7.86. The fourth-order valence-corrected chi connectivity index (χ4v) is 1.71. The minimum Gasteiger partial charge on any atom is -0.746 e. The molecule has 1 atom stereocenters. The third-order valence-electron chi connectivity index (χ3n) is 2.19. The molecule has 0 fully saturated rings. The van der Waals surface area contributed by atoms with Gasteiger partial charge in [0.25, 0.3) is 0 Å². The molecule has 17 heavy (non-hydrogen) atoms. The lowest BCUT2D eigenvalue weighted by Crippen LogP contribution is -2.22. The number of methoxy groups -OCH3 is 2. The second-order valence-corrected chi connectivity index (χ2v) is 4.87. The number of aliphatic hydroxyl groups is 1. The van der Waals surface area contributed by atoms with Crippen molar-refractivity contribution in [3.8, 4) is 11.5 Å². The Morgan fingerprint density at radius 2 is 1.88 bits per heavy atom. The Morgan fingerprint density at radius 1 is 1.29 bits per heavy atom. The second-order valence-electron chi connectivity index (χ2n) is 3.34. The van der Waals surface area contributed by atoms with Crippen molar-refractivity contribution >= 4 is 10.1 Å². The molecule has 0 radical (unpaired) electrons. The fourth-order valence-electron chi connectivity index (χ4n) is 1.31. The highest BCUT2D eigenvalue weighted by Crippen LogP contribution is 2.28. The van der Waals surface area contributed by atoms with E-state index in [2.05, 4.69) is 0 Å². The van der Waals surface area contributed by atoms with E-state index >= 15 is 0 Å². The molecule has 1 aromatic rings. The number of rotatable bonds is 5. The average molecular weight is 261 g/mol. The van der Waals surface area contributed by atoms with E-state index in [-0.39, 0.29) is 6.42 Å². The zero-order valence-corrected chi connectivity index (χ0v) is 10.2.